The van der Waals surface area contributed by atoms with E-state index < -0.39 is 17.7 Å². The molecule has 0 aliphatic rings. The van der Waals surface area contributed by atoms with Crippen LogP contribution in [-0.2, 0) is 23.2 Å². The van der Waals surface area contributed by atoms with Gasteiger partial charge in [-0.1, -0.05) is 50.6 Å². The average Bonchev–Trinajstić information content (AvgIpc) is 2.44. The molecule has 136 valence electrons. The predicted molar refractivity (Wildman–Crippen MR) is 100 cm³/mol. The van der Waals surface area contributed by atoms with Crippen LogP contribution >= 0.6 is 0 Å². The van der Waals surface area contributed by atoms with Gasteiger partial charge in [-0.15, -0.1) is 0 Å². The van der Waals surface area contributed by atoms with Crippen LogP contribution in [0.1, 0.15) is 43.0 Å². The monoisotopic (exact) mass is 380 g/mol. The Morgan fingerprint density at radius 1 is 0.720 bits per heavy atom. The van der Waals surface area contributed by atoms with Crippen molar-refractivity contribution in [1.29, 1.82) is 0 Å². The molecule has 0 amide bonds. The molecule has 0 unspecified atom stereocenters. The van der Waals surface area contributed by atoms with Crippen molar-refractivity contribution in [2.24, 2.45) is 0 Å². The second-order valence-electron chi connectivity index (χ2n) is 7.41. The van der Waals surface area contributed by atoms with Crippen molar-refractivity contribution in [1.82, 2.24) is 0 Å². The molecular formula is C19H24O4S2. The lowest BCUT2D eigenvalue weighted by atomic mass is 9.87. The zero-order chi connectivity index (χ0) is 19.2. The number of hydrogen-bond donors (Lipinski definition) is 0. The van der Waals surface area contributed by atoms with Gasteiger partial charge in [0.1, 0.15) is 0 Å². The summed E-state index contributed by atoms with van der Waals surface area (Å²) in [5.41, 5.74) is 2.55. The summed E-state index contributed by atoms with van der Waals surface area (Å²) in [5.74, 6) is 0. The molecule has 0 saturated heterocycles. The molecule has 2 aromatic rings. The molecule has 6 heteroatoms. The zero-order valence-electron chi connectivity index (χ0n) is 15.4. The Morgan fingerprint density at radius 3 is 1.56 bits per heavy atom. The molecule has 0 saturated carbocycles. The van der Waals surface area contributed by atoms with Crippen molar-refractivity contribution in [3.8, 4) is 0 Å². The molecule has 0 radical (unpaired) electrons. The van der Waals surface area contributed by atoms with Gasteiger partial charge in [-0.05, 0) is 55.0 Å². The van der Waals surface area contributed by atoms with Crippen LogP contribution in [0, 0.1) is 20.8 Å². The fourth-order valence-electron chi connectivity index (χ4n) is 2.92. The first-order chi connectivity index (χ1) is 11.3. The van der Waals surface area contributed by atoms with E-state index in [1.807, 2.05) is 27.7 Å². The van der Waals surface area contributed by atoms with Crippen molar-refractivity contribution < 1.29 is 16.8 Å². The molecule has 0 fully saturated rings. The van der Waals surface area contributed by atoms with Gasteiger partial charge in [0, 0.05) is 0 Å². The standard InChI is InChI=1S/C19H24O4S2/c1-13-11-14(2)18(15(3)12-13)25(22,23)24(20,21)17-9-7-16(8-10-17)19(4,5)6/h7-12H,1-6H3. The first-order valence-corrected chi connectivity index (χ1v) is 11.5. The second kappa shape index (κ2) is 6.25. The fourth-order valence-corrected chi connectivity index (χ4v) is 7.31. The Bertz CT molecular complexity index is 985. The van der Waals surface area contributed by atoms with E-state index >= 15 is 0 Å². The van der Waals surface area contributed by atoms with Crippen LogP contribution in [0.25, 0.3) is 0 Å². The lowest BCUT2D eigenvalue weighted by Crippen LogP contribution is -2.19. The van der Waals surface area contributed by atoms with Gasteiger partial charge < -0.3 is 0 Å². The molecule has 0 heterocycles. The maximum absolute atomic E-state index is 12.9. The lowest BCUT2D eigenvalue weighted by molar-refractivity contribution is 0.580. The number of aryl methyl sites for hydroxylation is 3. The molecule has 0 aliphatic carbocycles. The largest absolute Gasteiger partial charge is 0.286 e. The number of rotatable bonds is 3. The Balaban J connectivity index is 2.63. The van der Waals surface area contributed by atoms with Crippen molar-refractivity contribution >= 4 is 17.7 Å². The molecule has 0 bridgehead atoms. The van der Waals surface area contributed by atoms with E-state index in [4.69, 9.17) is 0 Å². The van der Waals surface area contributed by atoms with Gasteiger partial charge in [-0.25, -0.2) is 16.8 Å². The number of hydrogen-bond acceptors (Lipinski definition) is 4. The highest BCUT2D eigenvalue weighted by Gasteiger charge is 2.36. The van der Waals surface area contributed by atoms with Gasteiger partial charge in [0.05, 0.1) is 9.79 Å². The highest BCUT2D eigenvalue weighted by atomic mass is 33.2. The van der Waals surface area contributed by atoms with Gasteiger partial charge >= 0.3 is 0 Å². The van der Waals surface area contributed by atoms with E-state index in [1.54, 1.807) is 38.1 Å². The third kappa shape index (κ3) is 3.51. The van der Waals surface area contributed by atoms with E-state index in [0.717, 1.165) is 11.1 Å². The Morgan fingerprint density at radius 2 is 1.16 bits per heavy atom. The Hall–Kier alpha value is -1.66. The van der Waals surface area contributed by atoms with E-state index in [0.29, 0.717) is 11.1 Å². The van der Waals surface area contributed by atoms with Crippen LogP contribution in [0.4, 0.5) is 0 Å². The maximum atomic E-state index is 12.9. The zero-order valence-corrected chi connectivity index (χ0v) is 17.0. The fraction of sp³-hybridized carbons (Fsp3) is 0.368. The van der Waals surface area contributed by atoms with Crippen molar-refractivity contribution in [2.45, 2.75) is 56.7 Å². The summed E-state index contributed by atoms with van der Waals surface area (Å²) in [6, 6.07) is 9.42. The minimum atomic E-state index is -4.55. The third-order valence-electron chi connectivity index (χ3n) is 4.15. The molecule has 0 N–H and O–H groups in total. The summed E-state index contributed by atoms with van der Waals surface area (Å²) in [6.45, 7) is 11.1. The average molecular weight is 381 g/mol. The smallest absolute Gasteiger partial charge is 0.207 e. The summed E-state index contributed by atoms with van der Waals surface area (Å²) >= 11 is 0. The molecule has 4 nitrogen and oxygen atoms in total. The van der Waals surface area contributed by atoms with E-state index in [2.05, 4.69) is 0 Å². The van der Waals surface area contributed by atoms with Crippen molar-refractivity contribution in [3.05, 3.63) is 58.7 Å². The first kappa shape index (κ1) is 19.7. The van der Waals surface area contributed by atoms with Crippen LogP contribution in [-0.4, -0.2) is 16.8 Å². The summed E-state index contributed by atoms with van der Waals surface area (Å²) < 4.78 is 51.4. The Kier molecular flexibility index (Phi) is 4.92. The molecular weight excluding hydrogens is 356 g/mol. The molecule has 0 atom stereocenters. The highest BCUT2D eigenvalue weighted by molar-refractivity contribution is 8.67. The van der Waals surface area contributed by atoms with E-state index in [1.165, 1.54) is 12.1 Å². The van der Waals surface area contributed by atoms with Crippen molar-refractivity contribution in [2.75, 3.05) is 0 Å². The summed E-state index contributed by atoms with van der Waals surface area (Å²) in [5, 5.41) is 0. The van der Waals surface area contributed by atoms with Crippen LogP contribution < -0.4 is 0 Å². The predicted octanol–water partition coefficient (Wildman–Crippen LogP) is 4.07. The van der Waals surface area contributed by atoms with E-state index in [9.17, 15) is 16.8 Å². The van der Waals surface area contributed by atoms with Gasteiger partial charge in [-0.3, -0.25) is 0 Å². The van der Waals surface area contributed by atoms with Crippen LogP contribution in [0.3, 0.4) is 0 Å². The van der Waals surface area contributed by atoms with Gasteiger partial charge in [-0.2, -0.15) is 0 Å². The SMILES string of the molecule is Cc1cc(C)c(S(=O)(=O)S(=O)(=O)c2ccc(C(C)(C)C)cc2)c(C)c1. The molecule has 0 aromatic heterocycles. The first-order valence-electron chi connectivity index (χ1n) is 7.97. The van der Waals surface area contributed by atoms with Crippen LogP contribution in [0.5, 0.6) is 0 Å². The molecule has 0 spiro atoms. The third-order valence-corrected chi connectivity index (χ3v) is 9.53. The molecule has 25 heavy (non-hydrogen) atoms. The highest BCUT2D eigenvalue weighted by Crippen LogP contribution is 2.31. The van der Waals surface area contributed by atoms with Crippen LogP contribution in [0.15, 0.2) is 46.2 Å². The minimum Gasteiger partial charge on any atom is -0.207 e. The van der Waals surface area contributed by atoms with Gasteiger partial charge in [0.15, 0.2) is 0 Å². The molecule has 2 aromatic carbocycles. The van der Waals surface area contributed by atoms with Gasteiger partial charge in [0.25, 0.3) is 17.7 Å². The summed E-state index contributed by atoms with van der Waals surface area (Å²) in [7, 11) is -9.09. The maximum Gasteiger partial charge on any atom is 0.286 e. The molecule has 0 aliphatic heterocycles. The number of benzene rings is 2. The summed E-state index contributed by atoms with van der Waals surface area (Å²) in [6.07, 6.45) is 0. The lowest BCUT2D eigenvalue weighted by Gasteiger charge is -2.19. The topological polar surface area (TPSA) is 68.3 Å². The van der Waals surface area contributed by atoms with Gasteiger partial charge in [0.2, 0.25) is 0 Å². The quantitative estimate of drug-likeness (QED) is 0.753. The second-order valence-corrected chi connectivity index (χ2v) is 12.7. The van der Waals surface area contributed by atoms with E-state index in [-0.39, 0.29) is 15.2 Å². The normalized spacial score (nSPS) is 13.0. The Labute approximate surface area is 150 Å². The minimum absolute atomic E-state index is 0.127. The molecule has 2 rings (SSSR count). The van der Waals surface area contributed by atoms with Crippen LogP contribution in [0.2, 0.25) is 0 Å². The summed E-state index contributed by atoms with van der Waals surface area (Å²) in [4.78, 5) is -0.335. The van der Waals surface area contributed by atoms with Crippen molar-refractivity contribution in [3.63, 3.8) is 0 Å².